The average molecular weight is 567 g/mol. The molecule has 0 radical (unpaired) electrons. The zero-order chi connectivity index (χ0) is 29.8. The number of carbonyl (C=O) groups is 3. The summed E-state index contributed by atoms with van der Waals surface area (Å²) in [5.41, 5.74) is 1.08. The van der Waals surface area contributed by atoms with Crippen LogP contribution in [0.25, 0.3) is 0 Å². The van der Waals surface area contributed by atoms with E-state index in [4.69, 9.17) is 9.47 Å². The van der Waals surface area contributed by atoms with Crippen LogP contribution in [0.4, 0.5) is 4.79 Å². The van der Waals surface area contributed by atoms with Gasteiger partial charge < -0.3 is 25.0 Å². The molecule has 2 aromatic rings. The molecule has 0 bridgehead atoms. The molecule has 1 aromatic carbocycles. The van der Waals surface area contributed by atoms with E-state index in [1.165, 1.54) is 0 Å². The first-order chi connectivity index (χ1) is 19.5. The quantitative estimate of drug-likeness (QED) is 0.369. The maximum atomic E-state index is 13.5. The van der Waals surface area contributed by atoms with Crippen LogP contribution in [0.2, 0.25) is 0 Å². The predicted octanol–water partition coefficient (Wildman–Crippen LogP) is 5.03. The van der Waals surface area contributed by atoms with Gasteiger partial charge in [-0.05, 0) is 69.7 Å². The Morgan fingerprint density at radius 2 is 1.61 bits per heavy atom. The summed E-state index contributed by atoms with van der Waals surface area (Å²) < 4.78 is 11.5. The molecule has 1 aliphatic rings. The maximum Gasteiger partial charge on any atom is 0.329 e. The first kappa shape index (κ1) is 31.9. The highest BCUT2D eigenvalue weighted by Gasteiger charge is 2.31. The summed E-state index contributed by atoms with van der Waals surface area (Å²) in [5.74, 6) is -0.0721. The van der Waals surface area contributed by atoms with Crippen molar-refractivity contribution in [2.45, 2.75) is 97.4 Å². The maximum absolute atomic E-state index is 13.5. The summed E-state index contributed by atoms with van der Waals surface area (Å²) in [6.45, 7) is 11.1. The highest BCUT2D eigenvalue weighted by molar-refractivity contribution is 5.90. The molecule has 0 saturated carbocycles. The minimum Gasteiger partial charge on any atom is -0.489 e. The van der Waals surface area contributed by atoms with Gasteiger partial charge in [-0.15, -0.1) is 0 Å². The number of benzene rings is 1. The van der Waals surface area contributed by atoms with Crippen molar-refractivity contribution in [2.75, 3.05) is 13.1 Å². The molecule has 1 aliphatic heterocycles. The van der Waals surface area contributed by atoms with E-state index in [2.05, 4.69) is 15.6 Å². The standard InChI is InChI=1S/C32H46N4O5/c1-23(2)19-27(35-31(39)36-17-8-6-7-9-18-36)29(37)34-28(30(38)41-32(3,4)5)20-24-12-14-26(15-13-24)40-22-25-11-10-16-33-21-25/h10-16,21,23,27-28H,6-9,17-20,22H2,1-5H3,(H,34,37)(H,35,39)/t27-,28-/m0/s1. The molecule has 3 amide bonds. The molecule has 9 heteroatoms. The Morgan fingerprint density at radius 1 is 0.927 bits per heavy atom. The number of nitrogens with one attached hydrogen (secondary N) is 2. The van der Waals surface area contributed by atoms with Crippen LogP contribution in [0.1, 0.15) is 77.8 Å². The molecule has 0 unspecified atom stereocenters. The van der Waals surface area contributed by atoms with Crippen molar-refractivity contribution in [2.24, 2.45) is 5.92 Å². The molecule has 2 N–H and O–H groups in total. The van der Waals surface area contributed by atoms with Gasteiger partial charge in [-0.3, -0.25) is 9.78 Å². The molecule has 1 aromatic heterocycles. The first-order valence-corrected chi connectivity index (χ1v) is 14.7. The molecule has 2 atom stereocenters. The fourth-order valence-corrected chi connectivity index (χ4v) is 4.66. The monoisotopic (exact) mass is 566 g/mol. The summed E-state index contributed by atoms with van der Waals surface area (Å²) in [7, 11) is 0. The van der Waals surface area contributed by atoms with Gasteiger partial charge in [-0.2, -0.15) is 0 Å². The van der Waals surface area contributed by atoms with Gasteiger partial charge in [0.15, 0.2) is 0 Å². The number of pyridine rings is 1. The van der Waals surface area contributed by atoms with Crippen molar-refractivity contribution in [3.8, 4) is 5.75 Å². The molecular formula is C32H46N4O5. The molecule has 0 spiro atoms. The van der Waals surface area contributed by atoms with Gasteiger partial charge in [0.25, 0.3) is 0 Å². The zero-order valence-electron chi connectivity index (χ0n) is 25.2. The van der Waals surface area contributed by atoms with Crippen molar-refractivity contribution < 1.29 is 23.9 Å². The Labute approximate surface area is 244 Å². The van der Waals surface area contributed by atoms with Gasteiger partial charge in [0, 0.05) is 37.5 Å². The lowest BCUT2D eigenvalue weighted by molar-refractivity contribution is -0.158. The van der Waals surface area contributed by atoms with Gasteiger partial charge in [0.1, 0.15) is 30.0 Å². The number of likely N-dealkylation sites (tertiary alicyclic amines) is 1. The molecule has 0 aliphatic carbocycles. The van der Waals surface area contributed by atoms with Crippen LogP contribution in [0.5, 0.6) is 5.75 Å². The third-order valence-electron chi connectivity index (χ3n) is 6.71. The third kappa shape index (κ3) is 11.4. The number of ether oxygens (including phenoxy) is 2. The number of rotatable bonds is 11. The lowest BCUT2D eigenvalue weighted by Gasteiger charge is -2.28. The highest BCUT2D eigenvalue weighted by atomic mass is 16.6. The van der Waals surface area contributed by atoms with Gasteiger partial charge in [-0.1, -0.05) is 44.9 Å². The number of esters is 1. The van der Waals surface area contributed by atoms with E-state index in [0.717, 1.165) is 36.8 Å². The number of aromatic nitrogens is 1. The number of urea groups is 1. The number of nitrogens with zero attached hydrogens (tertiary/aromatic N) is 2. The van der Waals surface area contributed by atoms with Crippen LogP contribution in [0.15, 0.2) is 48.8 Å². The fraction of sp³-hybridized carbons (Fsp3) is 0.562. The van der Waals surface area contributed by atoms with Gasteiger partial charge in [0.05, 0.1) is 0 Å². The normalized spacial score (nSPS) is 15.4. The Kier molecular flexibility index (Phi) is 12.0. The van der Waals surface area contributed by atoms with Gasteiger partial charge in [-0.25, -0.2) is 9.59 Å². The van der Waals surface area contributed by atoms with E-state index in [-0.39, 0.29) is 18.4 Å². The summed E-state index contributed by atoms with van der Waals surface area (Å²) in [6.07, 6.45) is 8.29. The van der Waals surface area contributed by atoms with E-state index in [1.807, 2.05) is 50.2 Å². The van der Waals surface area contributed by atoms with Crippen molar-refractivity contribution in [1.29, 1.82) is 0 Å². The smallest absolute Gasteiger partial charge is 0.329 e. The van der Waals surface area contributed by atoms with E-state index < -0.39 is 29.6 Å². The molecular weight excluding hydrogens is 520 g/mol. The minimum absolute atomic E-state index is 0.161. The number of hydrogen-bond donors (Lipinski definition) is 2. The Balaban J connectivity index is 1.70. The van der Waals surface area contributed by atoms with E-state index in [0.29, 0.717) is 31.9 Å². The SMILES string of the molecule is CC(C)C[C@H](NC(=O)N1CCCCCC1)C(=O)N[C@@H](Cc1ccc(OCc2cccnc2)cc1)C(=O)OC(C)(C)C. The summed E-state index contributed by atoms with van der Waals surface area (Å²) >= 11 is 0. The second-order valence-electron chi connectivity index (χ2n) is 12.1. The van der Waals surface area contributed by atoms with Crippen LogP contribution in [-0.4, -0.2) is 58.6 Å². The fourth-order valence-electron chi connectivity index (χ4n) is 4.66. The van der Waals surface area contributed by atoms with Crippen LogP contribution in [0, 0.1) is 5.92 Å². The molecule has 1 fully saturated rings. The molecule has 41 heavy (non-hydrogen) atoms. The van der Waals surface area contributed by atoms with Crippen LogP contribution >= 0.6 is 0 Å². The van der Waals surface area contributed by atoms with Crippen molar-refractivity contribution in [3.63, 3.8) is 0 Å². The number of hydrogen-bond acceptors (Lipinski definition) is 6. The van der Waals surface area contributed by atoms with Crippen molar-refractivity contribution >= 4 is 17.9 Å². The van der Waals surface area contributed by atoms with Crippen molar-refractivity contribution in [1.82, 2.24) is 20.5 Å². The van der Waals surface area contributed by atoms with E-state index in [1.54, 1.807) is 38.1 Å². The Hall–Kier alpha value is -3.62. The summed E-state index contributed by atoms with van der Waals surface area (Å²) in [5, 5.41) is 5.83. The third-order valence-corrected chi connectivity index (χ3v) is 6.71. The highest BCUT2D eigenvalue weighted by Crippen LogP contribution is 2.18. The Bertz CT molecular complexity index is 1110. The van der Waals surface area contributed by atoms with Crippen molar-refractivity contribution in [3.05, 3.63) is 59.9 Å². The number of amides is 3. The molecule has 2 heterocycles. The molecule has 3 rings (SSSR count). The summed E-state index contributed by atoms with van der Waals surface area (Å²) in [4.78, 5) is 45.7. The van der Waals surface area contributed by atoms with Crippen LogP contribution < -0.4 is 15.4 Å². The summed E-state index contributed by atoms with van der Waals surface area (Å²) in [6, 6.07) is 9.29. The van der Waals surface area contributed by atoms with Gasteiger partial charge in [0.2, 0.25) is 5.91 Å². The van der Waals surface area contributed by atoms with Crippen LogP contribution in [0.3, 0.4) is 0 Å². The lowest BCUT2D eigenvalue weighted by atomic mass is 10.0. The Morgan fingerprint density at radius 3 is 2.20 bits per heavy atom. The largest absolute Gasteiger partial charge is 0.489 e. The first-order valence-electron chi connectivity index (χ1n) is 14.7. The molecule has 9 nitrogen and oxygen atoms in total. The number of carbonyl (C=O) groups excluding carboxylic acids is 3. The average Bonchev–Trinajstić information content (AvgIpc) is 3.21. The molecule has 1 saturated heterocycles. The second kappa shape index (κ2) is 15.4. The van der Waals surface area contributed by atoms with E-state index >= 15 is 0 Å². The second-order valence-corrected chi connectivity index (χ2v) is 12.1. The van der Waals surface area contributed by atoms with E-state index in [9.17, 15) is 14.4 Å². The predicted molar refractivity (Wildman–Crippen MR) is 158 cm³/mol. The van der Waals surface area contributed by atoms with Gasteiger partial charge >= 0.3 is 12.0 Å². The topological polar surface area (TPSA) is 110 Å². The molecule has 224 valence electrons. The minimum atomic E-state index is -0.923. The van der Waals surface area contributed by atoms with Crippen LogP contribution in [-0.2, 0) is 27.4 Å². The zero-order valence-corrected chi connectivity index (χ0v) is 25.2. The lowest BCUT2D eigenvalue weighted by Crippen LogP contribution is -2.55.